The standard InChI is InChI=1S/C34H26ClN3O4/c1-42-24-17-10-21(11-18-24)31(39)29-30(32(40)36-23-15-13-22(35)14-16-23)38-27-9-5-2-6-20(27)12-19-28(38)34(29)25-7-3-4-8-26(25)37-33(34)41/h2-19,28-30H,1H3,(H,36,40)(H,37,41)/t28-,29+,30+,34+/m1/s1. The fraction of sp³-hybridized carbons (Fsp3) is 0.147. The number of benzene rings is 4. The number of nitrogens with zero attached hydrogens (tertiary/aromatic N) is 1. The Balaban J connectivity index is 1.47. The number of para-hydroxylation sites is 2. The number of amides is 2. The highest BCUT2D eigenvalue weighted by atomic mass is 35.5. The molecule has 7 rings (SSSR count). The van der Waals surface area contributed by atoms with Crippen molar-refractivity contribution in [1.82, 2.24) is 0 Å². The summed E-state index contributed by atoms with van der Waals surface area (Å²) in [5.41, 5.74) is 2.57. The van der Waals surface area contributed by atoms with Gasteiger partial charge in [-0.05, 0) is 71.8 Å². The minimum atomic E-state index is -1.38. The summed E-state index contributed by atoms with van der Waals surface area (Å²) in [5.74, 6) is -1.48. The van der Waals surface area contributed by atoms with Crippen LogP contribution in [0, 0.1) is 5.92 Å². The van der Waals surface area contributed by atoms with Crippen molar-refractivity contribution in [1.29, 1.82) is 0 Å². The first-order valence-electron chi connectivity index (χ1n) is 13.6. The minimum Gasteiger partial charge on any atom is -0.497 e. The Kier molecular flexibility index (Phi) is 6.13. The van der Waals surface area contributed by atoms with Gasteiger partial charge >= 0.3 is 0 Å². The Hall–Kier alpha value is -4.88. The molecule has 7 nitrogen and oxygen atoms in total. The summed E-state index contributed by atoms with van der Waals surface area (Å²) in [6.45, 7) is 0. The van der Waals surface area contributed by atoms with Gasteiger partial charge in [0.25, 0.3) is 0 Å². The Morgan fingerprint density at radius 3 is 2.40 bits per heavy atom. The lowest BCUT2D eigenvalue weighted by atomic mass is 9.64. The second-order valence-corrected chi connectivity index (χ2v) is 11.1. The van der Waals surface area contributed by atoms with Crippen molar-refractivity contribution in [2.45, 2.75) is 17.5 Å². The highest BCUT2D eigenvalue weighted by Gasteiger charge is 2.70. The SMILES string of the molecule is COc1ccc(C(=O)[C@@H]2[C@@H](C(=O)Nc3ccc(Cl)cc3)N3c4ccccc4C=C[C@@H]3[C@]23C(=O)Nc2ccccc23)cc1. The van der Waals surface area contributed by atoms with E-state index in [1.165, 1.54) is 0 Å². The summed E-state index contributed by atoms with van der Waals surface area (Å²) >= 11 is 6.10. The molecule has 4 aromatic carbocycles. The van der Waals surface area contributed by atoms with Crippen LogP contribution in [0.2, 0.25) is 5.02 Å². The average molecular weight is 576 g/mol. The minimum absolute atomic E-state index is 0.305. The van der Waals surface area contributed by atoms with Crippen molar-refractivity contribution in [3.05, 3.63) is 125 Å². The molecule has 3 aliphatic rings. The van der Waals surface area contributed by atoms with Gasteiger partial charge in [0, 0.05) is 27.6 Å². The molecule has 0 radical (unpaired) electrons. The molecule has 8 heteroatoms. The third kappa shape index (κ3) is 3.77. The van der Waals surface area contributed by atoms with Gasteiger partial charge in [0.1, 0.15) is 17.2 Å². The van der Waals surface area contributed by atoms with Gasteiger partial charge in [0.05, 0.1) is 19.1 Å². The number of anilines is 3. The first kappa shape index (κ1) is 26.0. The first-order valence-corrected chi connectivity index (χ1v) is 14.0. The van der Waals surface area contributed by atoms with Crippen molar-refractivity contribution >= 4 is 52.3 Å². The number of Topliss-reactive ketones (excluding diaryl/α,β-unsaturated/α-hetero) is 1. The number of carbonyl (C=O) groups is 3. The predicted octanol–water partition coefficient (Wildman–Crippen LogP) is 5.96. The highest BCUT2D eigenvalue weighted by molar-refractivity contribution is 6.30. The maximum atomic E-state index is 14.8. The zero-order valence-electron chi connectivity index (χ0n) is 22.6. The van der Waals surface area contributed by atoms with Crippen LogP contribution in [0.25, 0.3) is 6.08 Å². The van der Waals surface area contributed by atoms with E-state index in [2.05, 4.69) is 10.6 Å². The largest absolute Gasteiger partial charge is 0.497 e. The van der Waals surface area contributed by atoms with Gasteiger partial charge in [-0.25, -0.2) is 0 Å². The monoisotopic (exact) mass is 575 g/mol. The molecule has 2 N–H and O–H groups in total. The van der Waals surface area contributed by atoms with E-state index in [1.54, 1.807) is 55.6 Å². The quantitative estimate of drug-likeness (QED) is 0.287. The second kappa shape index (κ2) is 9.89. The van der Waals surface area contributed by atoms with Crippen LogP contribution < -0.4 is 20.3 Å². The van der Waals surface area contributed by atoms with Crippen molar-refractivity contribution in [3.63, 3.8) is 0 Å². The topological polar surface area (TPSA) is 87.7 Å². The van der Waals surface area contributed by atoms with Gasteiger partial charge < -0.3 is 20.3 Å². The van der Waals surface area contributed by atoms with Crippen molar-refractivity contribution in [2.75, 3.05) is 22.6 Å². The number of fused-ring (bicyclic) bond motifs is 6. The molecule has 208 valence electrons. The van der Waals surface area contributed by atoms with E-state index in [1.807, 2.05) is 65.6 Å². The van der Waals surface area contributed by atoms with Crippen LogP contribution in [0.1, 0.15) is 21.5 Å². The van der Waals surface area contributed by atoms with Gasteiger partial charge in [-0.3, -0.25) is 14.4 Å². The maximum absolute atomic E-state index is 14.8. The Morgan fingerprint density at radius 1 is 0.929 bits per heavy atom. The molecule has 0 bridgehead atoms. The summed E-state index contributed by atoms with van der Waals surface area (Å²) < 4.78 is 5.32. The van der Waals surface area contributed by atoms with Gasteiger partial charge in [0.2, 0.25) is 11.8 Å². The van der Waals surface area contributed by atoms with Crippen molar-refractivity contribution in [2.24, 2.45) is 5.92 Å². The van der Waals surface area contributed by atoms with E-state index in [0.717, 1.165) is 11.3 Å². The number of ketones is 1. The highest BCUT2D eigenvalue weighted by Crippen LogP contribution is 2.57. The number of carbonyl (C=O) groups excluding carboxylic acids is 3. The molecule has 2 amide bonds. The van der Waals surface area contributed by atoms with Crippen LogP contribution in [-0.4, -0.2) is 36.8 Å². The number of ether oxygens (including phenoxy) is 1. The molecule has 0 unspecified atom stereocenters. The van der Waals surface area contributed by atoms with E-state index in [9.17, 15) is 14.4 Å². The number of hydrogen-bond acceptors (Lipinski definition) is 5. The molecule has 1 saturated heterocycles. The summed E-state index contributed by atoms with van der Waals surface area (Å²) in [5, 5.41) is 6.58. The molecule has 0 aromatic heterocycles. The Morgan fingerprint density at radius 2 is 1.64 bits per heavy atom. The van der Waals surface area contributed by atoms with E-state index in [0.29, 0.717) is 33.3 Å². The third-order valence-corrected chi connectivity index (χ3v) is 8.83. The van der Waals surface area contributed by atoms with Gasteiger partial charge in [-0.2, -0.15) is 0 Å². The molecule has 0 aliphatic carbocycles. The fourth-order valence-electron chi connectivity index (χ4n) is 6.80. The van der Waals surface area contributed by atoms with E-state index < -0.39 is 29.3 Å². The third-order valence-electron chi connectivity index (χ3n) is 8.58. The maximum Gasteiger partial charge on any atom is 0.247 e. The Bertz CT molecular complexity index is 1770. The summed E-state index contributed by atoms with van der Waals surface area (Å²) in [4.78, 5) is 45.5. The molecule has 0 saturated carbocycles. The molecule has 1 spiro atoms. The lowest BCUT2D eigenvalue weighted by Crippen LogP contribution is -2.51. The van der Waals surface area contributed by atoms with Crippen LogP contribution in [-0.2, 0) is 15.0 Å². The van der Waals surface area contributed by atoms with Gasteiger partial charge in [-0.1, -0.05) is 60.2 Å². The second-order valence-electron chi connectivity index (χ2n) is 10.7. The van der Waals surface area contributed by atoms with Crippen LogP contribution >= 0.6 is 11.6 Å². The average Bonchev–Trinajstić information content (AvgIpc) is 3.50. The number of nitrogens with one attached hydrogen (secondary N) is 2. The van der Waals surface area contributed by atoms with Gasteiger partial charge in [-0.15, -0.1) is 0 Å². The normalized spacial score (nSPS) is 23.1. The predicted molar refractivity (Wildman–Crippen MR) is 163 cm³/mol. The lowest BCUT2D eigenvalue weighted by Gasteiger charge is -2.37. The van der Waals surface area contributed by atoms with E-state index in [4.69, 9.17) is 16.3 Å². The summed E-state index contributed by atoms with van der Waals surface area (Å²) in [6.07, 6.45) is 3.93. The van der Waals surface area contributed by atoms with E-state index >= 15 is 0 Å². The fourth-order valence-corrected chi connectivity index (χ4v) is 6.93. The number of halogens is 1. The molecule has 42 heavy (non-hydrogen) atoms. The molecule has 3 aliphatic heterocycles. The van der Waals surface area contributed by atoms with Crippen LogP contribution in [0.3, 0.4) is 0 Å². The number of methoxy groups -OCH3 is 1. The van der Waals surface area contributed by atoms with E-state index in [-0.39, 0.29) is 11.7 Å². The summed E-state index contributed by atoms with van der Waals surface area (Å²) in [6, 6.07) is 27.1. The molecular formula is C34H26ClN3O4. The van der Waals surface area contributed by atoms with Crippen LogP contribution in [0.15, 0.2) is 103 Å². The van der Waals surface area contributed by atoms with Gasteiger partial charge in [0.15, 0.2) is 5.78 Å². The van der Waals surface area contributed by atoms with Crippen molar-refractivity contribution in [3.8, 4) is 5.75 Å². The molecule has 1 fully saturated rings. The van der Waals surface area contributed by atoms with Crippen LogP contribution in [0.5, 0.6) is 5.75 Å². The molecule has 3 heterocycles. The zero-order valence-corrected chi connectivity index (χ0v) is 23.3. The molecule has 4 aromatic rings. The number of hydrogen-bond donors (Lipinski definition) is 2. The molecule has 4 atom stereocenters. The number of rotatable bonds is 5. The smallest absolute Gasteiger partial charge is 0.247 e. The zero-order chi connectivity index (χ0) is 29.0. The first-order chi connectivity index (χ1) is 20.4. The summed E-state index contributed by atoms with van der Waals surface area (Å²) in [7, 11) is 1.56. The Labute approximate surface area is 247 Å². The molecular weight excluding hydrogens is 550 g/mol. The van der Waals surface area contributed by atoms with Crippen molar-refractivity contribution < 1.29 is 19.1 Å². The van der Waals surface area contributed by atoms with Crippen LogP contribution in [0.4, 0.5) is 17.1 Å². The lowest BCUT2D eigenvalue weighted by molar-refractivity contribution is -0.122.